The fraction of sp³-hybridized carbons (Fsp3) is 0.240. The number of ketones is 1. The van der Waals surface area contributed by atoms with Crippen molar-refractivity contribution in [2.45, 2.75) is 39.2 Å². The predicted molar refractivity (Wildman–Crippen MR) is 118 cm³/mol. The smallest absolute Gasteiger partial charge is 0.189 e. The van der Waals surface area contributed by atoms with E-state index in [4.69, 9.17) is 4.74 Å². The number of aromatic hydroxyl groups is 3. The number of carbonyl (C=O) groups excluding carboxylic acids is 1. The average molecular weight is 406 g/mol. The largest absolute Gasteiger partial charge is 0.508 e. The van der Waals surface area contributed by atoms with Crippen LogP contribution in [0.4, 0.5) is 0 Å². The zero-order valence-electron chi connectivity index (χ0n) is 17.3. The average Bonchev–Trinajstić information content (AvgIpc) is 2.68. The minimum Gasteiger partial charge on any atom is -0.508 e. The van der Waals surface area contributed by atoms with Gasteiger partial charge in [-0.2, -0.15) is 0 Å². The Morgan fingerprint density at radius 1 is 1.13 bits per heavy atom. The second-order valence-electron chi connectivity index (χ2n) is 7.88. The summed E-state index contributed by atoms with van der Waals surface area (Å²) in [6.07, 6.45) is 10.2. The maximum Gasteiger partial charge on any atom is 0.189 e. The molecular weight excluding hydrogens is 380 g/mol. The monoisotopic (exact) mass is 406 g/mol. The molecule has 5 heteroatoms. The lowest BCUT2D eigenvalue weighted by atomic mass is 9.93. The molecule has 2 aromatic carbocycles. The minimum absolute atomic E-state index is 0.0218. The van der Waals surface area contributed by atoms with Gasteiger partial charge in [0.1, 0.15) is 28.6 Å². The first-order chi connectivity index (χ1) is 14.2. The number of carbonyl (C=O) groups is 1. The van der Waals surface area contributed by atoms with Crippen LogP contribution in [0.15, 0.2) is 54.1 Å². The van der Waals surface area contributed by atoms with Crippen LogP contribution in [0.2, 0.25) is 0 Å². The van der Waals surface area contributed by atoms with Gasteiger partial charge >= 0.3 is 0 Å². The minimum atomic E-state index is -0.482. The van der Waals surface area contributed by atoms with E-state index in [-0.39, 0.29) is 22.8 Å². The van der Waals surface area contributed by atoms with E-state index in [1.54, 1.807) is 12.1 Å². The number of hydrogen-bond donors (Lipinski definition) is 3. The molecule has 0 fully saturated rings. The van der Waals surface area contributed by atoms with E-state index in [1.807, 2.05) is 13.0 Å². The van der Waals surface area contributed by atoms with Crippen molar-refractivity contribution in [3.05, 3.63) is 70.8 Å². The topological polar surface area (TPSA) is 87.0 Å². The molecule has 0 unspecified atom stereocenters. The van der Waals surface area contributed by atoms with Crippen molar-refractivity contribution in [3.63, 3.8) is 0 Å². The molecule has 1 aliphatic heterocycles. The zero-order valence-corrected chi connectivity index (χ0v) is 17.3. The Balaban J connectivity index is 1.81. The molecule has 0 aliphatic carbocycles. The maximum atomic E-state index is 12.6. The van der Waals surface area contributed by atoms with Crippen molar-refractivity contribution in [3.8, 4) is 23.0 Å². The normalized spacial score (nSPS) is 17.4. The highest BCUT2D eigenvalue weighted by Gasteiger charge is 2.29. The van der Waals surface area contributed by atoms with E-state index < -0.39 is 11.4 Å². The van der Waals surface area contributed by atoms with E-state index in [2.05, 4.69) is 19.9 Å². The third-order valence-electron chi connectivity index (χ3n) is 5.01. The molecule has 1 heterocycles. The van der Waals surface area contributed by atoms with Crippen LogP contribution < -0.4 is 4.74 Å². The van der Waals surface area contributed by atoms with Gasteiger partial charge in [-0.1, -0.05) is 11.6 Å². The fourth-order valence-corrected chi connectivity index (χ4v) is 3.30. The van der Waals surface area contributed by atoms with Crippen LogP contribution in [0.5, 0.6) is 23.0 Å². The van der Waals surface area contributed by atoms with Gasteiger partial charge in [-0.3, -0.25) is 4.79 Å². The van der Waals surface area contributed by atoms with Crippen molar-refractivity contribution in [1.29, 1.82) is 0 Å². The molecule has 2 aromatic rings. The van der Waals surface area contributed by atoms with Crippen LogP contribution in [-0.2, 0) is 0 Å². The summed E-state index contributed by atoms with van der Waals surface area (Å²) in [5.74, 6) is -0.129. The first kappa shape index (κ1) is 21.2. The third-order valence-corrected chi connectivity index (χ3v) is 5.01. The van der Waals surface area contributed by atoms with Crippen LogP contribution >= 0.6 is 0 Å². The maximum absolute atomic E-state index is 12.6. The van der Waals surface area contributed by atoms with Gasteiger partial charge in [-0.15, -0.1) is 0 Å². The molecule has 0 aromatic heterocycles. The Bertz CT molecular complexity index is 1060. The summed E-state index contributed by atoms with van der Waals surface area (Å²) in [4.78, 5) is 12.6. The van der Waals surface area contributed by atoms with E-state index in [0.717, 1.165) is 12.8 Å². The fourth-order valence-electron chi connectivity index (χ4n) is 3.30. The summed E-state index contributed by atoms with van der Waals surface area (Å²) in [5, 5.41) is 30.0. The Labute approximate surface area is 176 Å². The highest BCUT2D eigenvalue weighted by molar-refractivity contribution is 6.09. The number of rotatable bonds is 6. The summed E-state index contributed by atoms with van der Waals surface area (Å²) < 4.78 is 6.11. The number of benzene rings is 2. The SMILES string of the molecule is CC(C)=CCC[C@]1(C)C=Cc2c(ccc(C(=O)C=Cc3cc(O)ccc3O)c2O)O1. The van der Waals surface area contributed by atoms with Gasteiger partial charge in [0.25, 0.3) is 0 Å². The van der Waals surface area contributed by atoms with Crippen molar-refractivity contribution >= 4 is 17.9 Å². The molecule has 0 radical (unpaired) electrons. The quantitative estimate of drug-likeness (QED) is 0.251. The lowest BCUT2D eigenvalue weighted by molar-refractivity contribution is 0.104. The Morgan fingerprint density at radius 2 is 1.90 bits per heavy atom. The van der Waals surface area contributed by atoms with Crippen molar-refractivity contribution in [2.24, 2.45) is 0 Å². The molecular formula is C25H26O5. The number of phenols is 3. The Hall–Kier alpha value is -3.47. The number of fused-ring (bicyclic) bond motifs is 1. The molecule has 0 saturated carbocycles. The predicted octanol–water partition coefficient (Wildman–Crippen LogP) is 5.61. The van der Waals surface area contributed by atoms with E-state index in [0.29, 0.717) is 16.9 Å². The van der Waals surface area contributed by atoms with E-state index >= 15 is 0 Å². The molecule has 1 atom stereocenters. The Morgan fingerprint density at radius 3 is 2.63 bits per heavy atom. The summed E-state index contributed by atoms with van der Waals surface area (Å²) >= 11 is 0. The highest BCUT2D eigenvalue weighted by Crippen LogP contribution is 2.40. The molecule has 3 N–H and O–H groups in total. The van der Waals surface area contributed by atoms with Gasteiger partial charge < -0.3 is 20.1 Å². The molecule has 156 valence electrons. The van der Waals surface area contributed by atoms with Crippen molar-refractivity contribution in [1.82, 2.24) is 0 Å². The lowest BCUT2D eigenvalue weighted by Crippen LogP contribution is -2.31. The molecule has 0 saturated heterocycles. The second-order valence-corrected chi connectivity index (χ2v) is 7.88. The number of ether oxygens (including phenoxy) is 1. The lowest BCUT2D eigenvalue weighted by Gasteiger charge is -2.32. The van der Waals surface area contributed by atoms with Gasteiger partial charge in [0.05, 0.1) is 11.1 Å². The second kappa shape index (κ2) is 8.49. The molecule has 3 rings (SSSR count). The summed E-state index contributed by atoms with van der Waals surface area (Å²) in [6, 6.07) is 7.25. The van der Waals surface area contributed by atoms with Crippen LogP contribution in [0.3, 0.4) is 0 Å². The Kier molecular flexibility index (Phi) is 6.01. The molecule has 5 nitrogen and oxygen atoms in total. The van der Waals surface area contributed by atoms with Crippen LogP contribution in [0, 0.1) is 0 Å². The van der Waals surface area contributed by atoms with Gasteiger partial charge in [-0.25, -0.2) is 0 Å². The number of phenolic OH excluding ortho intramolecular Hbond substituents is 3. The van der Waals surface area contributed by atoms with Crippen LogP contribution in [-0.4, -0.2) is 26.7 Å². The first-order valence-corrected chi connectivity index (χ1v) is 9.80. The molecule has 0 spiro atoms. The van der Waals surface area contributed by atoms with Gasteiger partial charge in [0.15, 0.2) is 5.78 Å². The summed E-state index contributed by atoms with van der Waals surface area (Å²) in [6.45, 7) is 6.11. The standard InChI is InChI=1S/C25H26O5/c1-16(2)5-4-13-25(3)14-12-20-23(30-25)11-8-19(24(20)29)22(28)9-6-17-15-18(26)7-10-21(17)27/h5-12,14-15,26-27,29H,4,13H2,1-3H3/t25-/m1/s1. The van der Waals surface area contributed by atoms with Crippen molar-refractivity contribution < 1.29 is 24.9 Å². The number of hydrogen-bond acceptors (Lipinski definition) is 5. The van der Waals surface area contributed by atoms with Crippen molar-refractivity contribution in [2.75, 3.05) is 0 Å². The summed E-state index contributed by atoms with van der Waals surface area (Å²) in [5.41, 5.74) is 1.67. The van der Waals surface area contributed by atoms with Gasteiger partial charge in [0.2, 0.25) is 0 Å². The van der Waals surface area contributed by atoms with E-state index in [9.17, 15) is 20.1 Å². The van der Waals surface area contributed by atoms with Gasteiger partial charge in [0, 0.05) is 5.56 Å². The first-order valence-electron chi connectivity index (χ1n) is 9.80. The highest BCUT2D eigenvalue weighted by atomic mass is 16.5. The van der Waals surface area contributed by atoms with E-state index in [1.165, 1.54) is 42.0 Å². The zero-order chi connectivity index (χ0) is 21.9. The molecule has 0 amide bonds. The van der Waals surface area contributed by atoms with Crippen LogP contribution in [0.25, 0.3) is 12.2 Å². The molecule has 1 aliphatic rings. The molecule has 0 bridgehead atoms. The number of allylic oxidation sites excluding steroid dienone is 3. The van der Waals surface area contributed by atoms with Crippen LogP contribution in [0.1, 0.15) is 55.1 Å². The molecule has 30 heavy (non-hydrogen) atoms. The van der Waals surface area contributed by atoms with Gasteiger partial charge in [-0.05, 0) is 88.2 Å². The summed E-state index contributed by atoms with van der Waals surface area (Å²) in [7, 11) is 0. The third kappa shape index (κ3) is 4.74.